The quantitative estimate of drug-likeness (QED) is 0.637. The first-order valence-corrected chi connectivity index (χ1v) is 6.77. The molecular weight excluding hydrogens is 184 g/mol. The average molecular weight is 212 g/mol. The summed E-state index contributed by atoms with van der Waals surface area (Å²) in [5.41, 5.74) is 5.93. The normalized spacial score (nSPS) is 18.4. The molecule has 1 fully saturated rings. The predicted octanol–water partition coefficient (Wildman–Crippen LogP) is 2.77. The van der Waals surface area contributed by atoms with Crippen LogP contribution in [0.4, 0.5) is 0 Å². The van der Waals surface area contributed by atoms with Crippen molar-refractivity contribution in [3.8, 4) is 0 Å². The van der Waals surface area contributed by atoms with Crippen LogP contribution in [0.25, 0.3) is 0 Å². The summed E-state index contributed by atoms with van der Waals surface area (Å²) >= 11 is 0. The van der Waals surface area contributed by atoms with Crippen molar-refractivity contribution in [2.24, 2.45) is 5.73 Å². The van der Waals surface area contributed by atoms with Crippen molar-refractivity contribution in [2.45, 2.75) is 70.9 Å². The van der Waals surface area contributed by atoms with Crippen LogP contribution in [0.5, 0.6) is 0 Å². The van der Waals surface area contributed by atoms with Gasteiger partial charge in [-0.15, -0.1) is 0 Å². The highest BCUT2D eigenvalue weighted by Crippen LogP contribution is 2.27. The van der Waals surface area contributed by atoms with E-state index in [4.69, 9.17) is 5.73 Å². The van der Waals surface area contributed by atoms with Gasteiger partial charge in [0.2, 0.25) is 0 Å². The molecule has 90 valence electrons. The van der Waals surface area contributed by atoms with E-state index in [1.54, 1.807) is 0 Å². The van der Waals surface area contributed by atoms with Gasteiger partial charge < -0.3 is 10.6 Å². The maximum absolute atomic E-state index is 5.93. The van der Waals surface area contributed by atoms with Gasteiger partial charge in [0.15, 0.2) is 0 Å². The summed E-state index contributed by atoms with van der Waals surface area (Å²) in [4.78, 5) is 2.69. The van der Waals surface area contributed by atoms with Crippen molar-refractivity contribution in [3.05, 3.63) is 0 Å². The minimum absolute atomic E-state index is 0.428. The van der Waals surface area contributed by atoms with Crippen molar-refractivity contribution in [1.29, 1.82) is 0 Å². The topological polar surface area (TPSA) is 29.3 Å². The number of nitrogens with two attached hydrogens (primary N) is 1. The highest BCUT2D eigenvalue weighted by atomic mass is 15.2. The Morgan fingerprint density at radius 2 is 1.87 bits per heavy atom. The summed E-state index contributed by atoms with van der Waals surface area (Å²) in [5, 5.41) is 0. The van der Waals surface area contributed by atoms with Crippen LogP contribution in [0.15, 0.2) is 0 Å². The monoisotopic (exact) mass is 212 g/mol. The van der Waals surface area contributed by atoms with Crippen molar-refractivity contribution < 1.29 is 0 Å². The van der Waals surface area contributed by atoms with E-state index in [9.17, 15) is 0 Å². The zero-order valence-electron chi connectivity index (χ0n) is 10.5. The first-order valence-electron chi connectivity index (χ1n) is 6.77. The molecule has 0 aromatic heterocycles. The number of hydrogen-bond donors (Lipinski definition) is 1. The number of hydrogen-bond acceptors (Lipinski definition) is 2. The van der Waals surface area contributed by atoms with E-state index in [0.717, 1.165) is 12.5 Å². The van der Waals surface area contributed by atoms with E-state index in [-0.39, 0.29) is 0 Å². The van der Waals surface area contributed by atoms with E-state index >= 15 is 0 Å². The van der Waals surface area contributed by atoms with Crippen LogP contribution < -0.4 is 5.73 Å². The van der Waals surface area contributed by atoms with Crippen LogP contribution in [0.2, 0.25) is 0 Å². The van der Waals surface area contributed by atoms with E-state index in [0.29, 0.717) is 6.04 Å². The minimum atomic E-state index is 0.428. The van der Waals surface area contributed by atoms with Crippen LogP contribution in [-0.4, -0.2) is 30.1 Å². The van der Waals surface area contributed by atoms with Gasteiger partial charge in [-0.05, 0) is 51.6 Å². The van der Waals surface area contributed by atoms with Gasteiger partial charge in [0.25, 0.3) is 0 Å². The summed E-state index contributed by atoms with van der Waals surface area (Å²) in [6.45, 7) is 7.04. The smallest absolute Gasteiger partial charge is 0.00964 e. The molecule has 0 radical (unpaired) electrons. The molecule has 2 heteroatoms. The number of nitrogens with zero attached hydrogens (tertiary/aromatic N) is 1. The molecule has 0 spiro atoms. The summed E-state index contributed by atoms with van der Waals surface area (Å²) < 4.78 is 0. The molecule has 1 unspecified atom stereocenters. The molecule has 0 saturated heterocycles. The third kappa shape index (κ3) is 5.53. The Morgan fingerprint density at radius 1 is 1.20 bits per heavy atom. The lowest BCUT2D eigenvalue weighted by atomic mass is 10.1. The molecule has 0 aromatic carbocycles. The van der Waals surface area contributed by atoms with Gasteiger partial charge in [-0.3, -0.25) is 0 Å². The molecule has 0 aliphatic heterocycles. The molecule has 1 aliphatic rings. The number of rotatable bonds is 9. The lowest BCUT2D eigenvalue weighted by Gasteiger charge is -2.22. The first-order chi connectivity index (χ1) is 7.27. The van der Waals surface area contributed by atoms with Gasteiger partial charge in [-0.2, -0.15) is 0 Å². The average Bonchev–Trinajstić information content (AvgIpc) is 3.06. The molecular formula is C13H28N2. The SMILES string of the molecule is CCCCN(CCCC(N)CC)C1CC1. The van der Waals surface area contributed by atoms with E-state index in [1.165, 1.54) is 51.6 Å². The van der Waals surface area contributed by atoms with E-state index in [1.807, 2.05) is 0 Å². The lowest BCUT2D eigenvalue weighted by Crippen LogP contribution is -2.29. The Balaban J connectivity index is 2.08. The molecule has 2 N–H and O–H groups in total. The van der Waals surface area contributed by atoms with Crippen molar-refractivity contribution in [1.82, 2.24) is 4.90 Å². The van der Waals surface area contributed by atoms with Crippen LogP contribution in [0.1, 0.15) is 58.8 Å². The summed E-state index contributed by atoms with van der Waals surface area (Å²) in [7, 11) is 0. The Labute approximate surface area is 95.2 Å². The van der Waals surface area contributed by atoms with E-state index < -0.39 is 0 Å². The van der Waals surface area contributed by atoms with Crippen LogP contribution in [0.3, 0.4) is 0 Å². The highest BCUT2D eigenvalue weighted by molar-refractivity contribution is 4.84. The third-order valence-corrected chi connectivity index (χ3v) is 3.41. The van der Waals surface area contributed by atoms with Crippen LogP contribution >= 0.6 is 0 Å². The fraction of sp³-hybridized carbons (Fsp3) is 1.00. The molecule has 0 amide bonds. The molecule has 0 aromatic rings. The Hall–Kier alpha value is -0.0800. The van der Waals surface area contributed by atoms with Crippen molar-refractivity contribution >= 4 is 0 Å². The van der Waals surface area contributed by atoms with E-state index in [2.05, 4.69) is 18.7 Å². The van der Waals surface area contributed by atoms with Gasteiger partial charge in [0, 0.05) is 12.1 Å². The predicted molar refractivity (Wildman–Crippen MR) is 67.0 cm³/mol. The standard InChI is InChI=1S/C13H28N2/c1-3-5-10-15(13-8-9-13)11-6-7-12(14)4-2/h12-13H,3-11,14H2,1-2H3. The van der Waals surface area contributed by atoms with Crippen molar-refractivity contribution in [2.75, 3.05) is 13.1 Å². The fourth-order valence-corrected chi connectivity index (χ4v) is 2.04. The van der Waals surface area contributed by atoms with Gasteiger partial charge in [0.05, 0.1) is 0 Å². The minimum Gasteiger partial charge on any atom is -0.328 e. The molecule has 1 aliphatic carbocycles. The maximum Gasteiger partial charge on any atom is 0.00964 e. The third-order valence-electron chi connectivity index (χ3n) is 3.41. The zero-order valence-corrected chi connectivity index (χ0v) is 10.5. The molecule has 1 saturated carbocycles. The van der Waals surface area contributed by atoms with Crippen LogP contribution in [0, 0.1) is 0 Å². The van der Waals surface area contributed by atoms with Crippen molar-refractivity contribution in [3.63, 3.8) is 0 Å². The summed E-state index contributed by atoms with van der Waals surface area (Å²) in [6, 6.07) is 1.35. The zero-order chi connectivity index (χ0) is 11.1. The molecule has 15 heavy (non-hydrogen) atoms. The fourth-order valence-electron chi connectivity index (χ4n) is 2.04. The first kappa shape index (κ1) is 13.0. The second-order valence-corrected chi connectivity index (χ2v) is 4.93. The second kappa shape index (κ2) is 7.24. The van der Waals surface area contributed by atoms with Crippen LogP contribution in [-0.2, 0) is 0 Å². The second-order valence-electron chi connectivity index (χ2n) is 4.93. The Morgan fingerprint density at radius 3 is 2.40 bits per heavy atom. The van der Waals surface area contributed by atoms with Gasteiger partial charge in [-0.25, -0.2) is 0 Å². The maximum atomic E-state index is 5.93. The summed E-state index contributed by atoms with van der Waals surface area (Å²) in [5.74, 6) is 0. The highest BCUT2D eigenvalue weighted by Gasteiger charge is 2.27. The molecule has 2 nitrogen and oxygen atoms in total. The Bertz CT molecular complexity index is 155. The lowest BCUT2D eigenvalue weighted by molar-refractivity contribution is 0.251. The molecule has 0 heterocycles. The van der Waals surface area contributed by atoms with Gasteiger partial charge in [-0.1, -0.05) is 20.3 Å². The Kier molecular flexibility index (Phi) is 6.26. The van der Waals surface area contributed by atoms with Gasteiger partial charge >= 0.3 is 0 Å². The summed E-state index contributed by atoms with van der Waals surface area (Å²) in [6.07, 6.45) is 9.15. The van der Waals surface area contributed by atoms with Gasteiger partial charge in [0.1, 0.15) is 0 Å². The molecule has 1 atom stereocenters. The largest absolute Gasteiger partial charge is 0.328 e. The molecule has 0 bridgehead atoms. The molecule has 1 rings (SSSR count). The number of unbranched alkanes of at least 4 members (excludes halogenated alkanes) is 1.